The number of nitrogens with zero attached hydrogens (tertiary/aromatic N) is 1. The summed E-state index contributed by atoms with van der Waals surface area (Å²) in [4.78, 5) is 2.32. The first-order valence-electron chi connectivity index (χ1n) is 17.1. The molecule has 0 radical (unpaired) electrons. The van der Waals surface area contributed by atoms with E-state index in [0.29, 0.717) is 0 Å². The van der Waals surface area contributed by atoms with E-state index in [-0.39, 0.29) is 0 Å². The van der Waals surface area contributed by atoms with Crippen LogP contribution in [-0.4, -0.2) is 0 Å². The van der Waals surface area contributed by atoms with Crippen molar-refractivity contribution in [1.29, 1.82) is 0 Å². The Morgan fingerprint density at radius 3 is 1.64 bits per heavy atom. The molecule has 0 aliphatic heterocycles. The van der Waals surface area contributed by atoms with Crippen molar-refractivity contribution >= 4 is 71.3 Å². The zero-order valence-electron chi connectivity index (χ0n) is 27.3. The van der Waals surface area contributed by atoms with Crippen molar-refractivity contribution in [3.05, 3.63) is 188 Å². The predicted octanol–water partition coefficient (Wildman–Crippen LogP) is 13.8. The van der Waals surface area contributed by atoms with Crippen molar-refractivity contribution < 1.29 is 4.42 Å². The molecule has 0 unspecified atom stereocenters. The number of hydrogen-bond acceptors (Lipinski definition) is 2. The fourth-order valence-corrected chi connectivity index (χ4v) is 7.56. The highest BCUT2D eigenvalue weighted by molar-refractivity contribution is 6.14. The van der Waals surface area contributed by atoms with Crippen LogP contribution in [0.4, 0.5) is 17.1 Å². The smallest absolute Gasteiger partial charge is 0.137 e. The summed E-state index contributed by atoms with van der Waals surface area (Å²) in [5, 5.41) is 9.81. The molecular formula is C48H31NO. The highest BCUT2D eigenvalue weighted by Gasteiger charge is 2.17. The number of rotatable bonds is 5. The number of furan rings is 1. The van der Waals surface area contributed by atoms with Crippen LogP contribution in [0.5, 0.6) is 0 Å². The maximum absolute atomic E-state index is 6.35. The molecule has 0 atom stereocenters. The van der Waals surface area contributed by atoms with Crippen LogP contribution < -0.4 is 4.90 Å². The Labute approximate surface area is 290 Å². The Kier molecular flexibility index (Phi) is 6.53. The maximum atomic E-state index is 6.35. The van der Waals surface area contributed by atoms with Crippen molar-refractivity contribution in [3.8, 4) is 22.3 Å². The van der Waals surface area contributed by atoms with E-state index in [9.17, 15) is 0 Å². The lowest BCUT2D eigenvalue weighted by molar-refractivity contribution is 0.669. The van der Waals surface area contributed by atoms with Crippen LogP contribution in [0.2, 0.25) is 0 Å². The van der Waals surface area contributed by atoms with Gasteiger partial charge in [0.1, 0.15) is 11.2 Å². The molecule has 0 N–H and O–H groups in total. The monoisotopic (exact) mass is 637 g/mol. The Bertz CT molecular complexity index is 2860. The molecule has 9 aromatic carbocycles. The topological polar surface area (TPSA) is 16.4 Å². The predicted molar refractivity (Wildman–Crippen MR) is 212 cm³/mol. The normalized spacial score (nSPS) is 11.6. The quantitative estimate of drug-likeness (QED) is 0.175. The van der Waals surface area contributed by atoms with E-state index in [0.717, 1.165) is 39.0 Å². The minimum absolute atomic E-state index is 0.876. The molecule has 50 heavy (non-hydrogen) atoms. The molecule has 1 aromatic heterocycles. The van der Waals surface area contributed by atoms with E-state index in [1.165, 1.54) is 54.6 Å². The molecule has 10 rings (SSSR count). The molecule has 0 spiro atoms. The lowest BCUT2D eigenvalue weighted by atomic mass is 9.93. The minimum Gasteiger partial charge on any atom is -0.456 e. The van der Waals surface area contributed by atoms with Gasteiger partial charge < -0.3 is 9.32 Å². The van der Waals surface area contributed by atoms with Crippen LogP contribution in [0.1, 0.15) is 0 Å². The van der Waals surface area contributed by atoms with Gasteiger partial charge in [-0.25, -0.2) is 0 Å². The van der Waals surface area contributed by atoms with E-state index in [4.69, 9.17) is 4.42 Å². The number of para-hydroxylation sites is 1. The van der Waals surface area contributed by atoms with Gasteiger partial charge in [0.25, 0.3) is 0 Å². The van der Waals surface area contributed by atoms with Crippen molar-refractivity contribution in [3.63, 3.8) is 0 Å². The second kappa shape index (κ2) is 11.5. The number of anilines is 3. The standard InChI is InChI=1S/C48H31NO/c1-2-10-35-29-36(18-17-32(35)9-1)33-19-23-38(24-20-33)49(40-27-28-45-44-15-7-8-16-47(44)50-48(45)31-40)39-25-21-34(22-26-39)46-30-37-11-3-4-12-41(37)42-13-5-6-14-43(42)46/h1-31H. The Morgan fingerprint density at radius 1 is 0.300 bits per heavy atom. The first-order chi connectivity index (χ1) is 24.8. The average molecular weight is 638 g/mol. The molecule has 0 bridgehead atoms. The summed E-state index contributed by atoms with van der Waals surface area (Å²) in [5.74, 6) is 0. The van der Waals surface area contributed by atoms with Gasteiger partial charge in [-0.05, 0) is 109 Å². The highest BCUT2D eigenvalue weighted by Crippen LogP contribution is 2.41. The van der Waals surface area contributed by atoms with E-state index in [1.807, 2.05) is 12.1 Å². The van der Waals surface area contributed by atoms with Crippen LogP contribution in [0.3, 0.4) is 0 Å². The largest absolute Gasteiger partial charge is 0.456 e. The molecule has 0 fully saturated rings. The number of benzene rings is 9. The van der Waals surface area contributed by atoms with Crippen molar-refractivity contribution in [2.24, 2.45) is 0 Å². The lowest BCUT2D eigenvalue weighted by Crippen LogP contribution is -2.09. The second-order valence-corrected chi connectivity index (χ2v) is 13.0. The third-order valence-corrected chi connectivity index (χ3v) is 10.0. The molecule has 1 heterocycles. The average Bonchev–Trinajstić information content (AvgIpc) is 3.56. The van der Waals surface area contributed by atoms with Gasteiger partial charge in [-0.2, -0.15) is 0 Å². The van der Waals surface area contributed by atoms with Gasteiger partial charge in [0.15, 0.2) is 0 Å². The van der Waals surface area contributed by atoms with E-state index < -0.39 is 0 Å². The highest BCUT2D eigenvalue weighted by atomic mass is 16.3. The molecule has 0 aliphatic rings. The number of fused-ring (bicyclic) bond motifs is 7. The van der Waals surface area contributed by atoms with Crippen molar-refractivity contribution in [1.82, 2.24) is 0 Å². The lowest BCUT2D eigenvalue weighted by Gasteiger charge is -2.26. The molecule has 10 aromatic rings. The summed E-state index contributed by atoms with van der Waals surface area (Å²) >= 11 is 0. The first kappa shape index (κ1) is 28.4. The number of hydrogen-bond donors (Lipinski definition) is 0. The summed E-state index contributed by atoms with van der Waals surface area (Å²) < 4.78 is 6.35. The molecule has 0 aliphatic carbocycles. The summed E-state index contributed by atoms with van der Waals surface area (Å²) in [7, 11) is 0. The van der Waals surface area contributed by atoms with Crippen LogP contribution in [-0.2, 0) is 0 Å². The van der Waals surface area contributed by atoms with Crippen LogP contribution in [0, 0.1) is 0 Å². The molecule has 0 saturated heterocycles. The van der Waals surface area contributed by atoms with Crippen LogP contribution in [0.15, 0.2) is 192 Å². The summed E-state index contributed by atoms with van der Waals surface area (Å²) in [5.41, 5.74) is 9.79. The van der Waals surface area contributed by atoms with Gasteiger partial charge in [0.2, 0.25) is 0 Å². The Balaban J connectivity index is 1.09. The maximum Gasteiger partial charge on any atom is 0.137 e. The van der Waals surface area contributed by atoms with Gasteiger partial charge in [-0.15, -0.1) is 0 Å². The van der Waals surface area contributed by atoms with Gasteiger partial charge in [-0.1, -0.05) is 127 Å². The second-order valence-electron chi connectivity index (χ2n) is 13.0. The fourth-order valence-electron chi connectivity index (χ4n) is 7.56. The summed E-state index contributed by atoms with van der Waals surface area (Å²) in [6, 6.07) is 67.6. The Morgan fingerprint density at radius 2 is 0.860 bits per heavy atom. The van der Waals surface area contributed by atoms with Gasteiger partial charge in [0, 0.05) is 33.9 Å². The van der Waals surface area contributed by atoms with E-state index >= 15 is 0 Å². The SMILES string of the molecule is c1ccc2cc(-c3ccc(N(c4ccc(-c5cc6ccccc6c6ccccc56)cc4)c4ccc5c(c4)oc4ccccc45)cc3)ccc2c1. The third-order valence-electron chi connectivity index (χ3n) is 10.0. The Hall–Kier alpha value is -6.64. The molecule has 2 nitrogen and oxygen atoms in total. The fraction of sp³-hybridized carbons (Fsp3) is 0. The van der Waals surface area contributed by atoms with Gasteiger partial charge in [0.05, 0.1) is 0 Å². The van der Waals surface area contributed by atoms with E-state index in [2.05, 4.69) is 181 Å². The summed E-state index contributed by atoms with van der Waals surface area (Å²) in [6.45, 7) is 0. The van der Waals surface area contributed by atoms with Crippen molar-refractivity contribution in [2.75, 3.05) is 4.90 Å². The summed E-state index contributed by atoms with van der Waals surface area (Å²) in [6.07, 6.45) is 0. The van der Waals surface area contributed by atoms with Crippen molar-refractivity contribution in [2.45, 2.75) is 0 Å². The molecule has 2 heteroatoms. The molecule has 234 valence electrons. The zero-order chi connectivity index (χ0) is 33.0. The molecular weight excluding hydrogens is 607 g/mol. The third kappa shape index (κ3) is 4.73. The zero-order valence-corrected chi connectivity index (χ0v) is 27.3. The van der Waals surface area contributed by atoms with Gasteiger partial charge >= 0.3 is 0 Å². The van der Waals surface area contributed by atoms with E-state index in [1.54, 1.807) is 0 Å². The molecule has 0 amide bonds. The first-order valence-corrected chi connectivity index (χ1v) is 17.1. The minimum atomic E-state index is 0.876. The van der Waals surface area contributed by atoms with Gasteiger partial charge in [-0.3, -0.25) is 0 Å². The molecule has 0 saturated carbocycles. The van der Waals surface area contributed by atoms with Crippen LogP contribution >= 0.6 is 0 Å². The van der Waals surface area contributed by atoms with Crippen LogP contribution in [0.25, 0.3) is 76.5 Å².